The van der Waals surface area contributed by atoms with E-state index in [9.17, 15) is 4.79 Å². The van der Waals surface area contributed by atoms with Crippen LogP contribution in [0.2, 0.25) is 0 Å². The van der Waals surface area contributed by atoms with Crippen molar-refractivity contribution in [2.75, 3.05) is 26.8 Å². The number of carbonyl (C=O) groups excluding carboxylic acids is 1. The van der Waals surface area contributed by atoms with E-state index in [1.165, 1.54) is 0 Å². The van der Waals surface area contributed by atoms with Gasteiger partial charge in [0.15, 0.2) is 0 Å². The number of nitrogens with one attached hydrogen (secondary N) is 1. The van der Waals surface area contributed by atoms with Gasteiger partial charge in [0.1, 0.15) is 0 Å². The number of likely N-dealkylation sites (N-methyl/N-ethyl adjacent to an activating group) is 1. The van der Waals surface area contributed by atoms with Crippen molar-refractivity contribution in [2.24, 2.45) is 5.73 Å². The highest BCUT2D eigenvalue weighted by molar-refractivity contribution is 5.76. The Labute approximate surface area is 110 Å². The van der Waals surface area contributed by atoms with Crippen molar-refractivity contribution < 1.29 is 9.53 Å². The summed E-state index contributed by atoms with van der Waals surface area (Å²) >= 11 is 0. The number of nitrogens with two attached hydrogens (primary N) is 1. The van der Waals surface area contributed by atoms with Gasteiger partial charge in [-0.1, -0.05) is 0 Å². The fraction of sp³-hybridized carbons (Fsp3) is 0.923. The monoisotopic (exact) mass is 257 g/mol. The van der Waals surface area contributed by atoms with E-state index >= 15 is 0 Å². The van der Waals surface area contributed by atoms with Gasteiger partial charge in [0.05, 0.1) is 0 Å². The van der Waals surface area contributed by atoms with Crippen LogP contribution in [0, 0.1) is 0 Å². The molecule has 1 amide bonds. The molecule has 1 atom stereocenters. The Morgan fingerprint density at radius 1 is 1.44 bits per heavy atom. The average molecular weight is 257 g/mol. The van der Waals surface area contributed by atoms with Gasteiger partial charge in [-0.3, -0.25) is 9.69 Å². The van der Waals surface area contributed by atoms with Crippen LogP contribution in [0.25, 0.3) is 0 Å². The number of hydrogen-bond acceptors (Lipinski definition) is 4. The van der Waals surface area contributed by atoms with Crippen LogP contribution in [0.3, 0.4) is 0 Å². The van der Waals surface area contributed by atoms with Crippen LogP contribution in [-0.4, -0.2) is 55.7 Å². The summed E-state index contributed by atoms with van der Waals surface area (Å²) in [5.74, 6) is 0.0827. The summed E-state index contributed by atoms with van der Waals surface area (Å²) in [4.78, 5) is 14.0. The zero-order valence-corrected chi connectivity index (χ0v) is 11.8. The van der Waals surface area contributed by atoms with Crippen molar-refractivity contribution >= 4 is 5.91 Å². The molecule has 0 bridgehead atoms. The van der Waals surface area contributed by atoms with Crippen molar-refractivity contribution in [1.29, 1.82) is 0 Å². The van der Waals surface area contributed by atoms with Crippen LogP contribution >= 0.6 is 0 Å². The molecule has 1 fully saturated rings. The predicted molar refractivity (Wildman–Crippen MR) is 72.3 cm³/mol. The third kappa shape index (κ3) is 4.92. The van der Waals surface area contributed by atoms with Crippen LogP contribution in [0.1, 0.15) is 33.1 Å². The van der Waals surface area contributed by atoms with Gasteiger partial charge in [0.25, 0.3) is 0 Å². The van der Waals surface area contributed by atoms with Gasteiger partial charge >= 0.3 is 0 Å². The summed E-state index contributed by atoms with van der Waals surface area (Å²) in [7, 11) is 2.07. The number of nitrogens with zero attached hydrogens (tertiary/aromatic N) is 1. The third-order valence-corrected chi connectivity index (χ3v) is 3.49. The molecule has 0 saturated carbocycles. The lowest BCUT2D eigenvalue weighted by atomic mass is 10.0. The first-order chi connectivity index (χ1) is 8.54. The lowest BCUT2D eigenvalue weighted by Gasteiger charge is -2.36. The number of rotatable bonds is 6. The second-order valence-corrected chi connectivity index (χ2v) is 5.32. The van der Waals surface area contributed by atoms with Crippen LogP contribution < -0.4 is 11.1 Å². The molecular formula is C13H27N3O2. The fourth-order valence-corrected chi connectivity index (χ4v) is 2.38. The van der Waals surface area contributed by atoms with Crippen LogP contribution in [0.5, 0.6) is 0 Å². The maximum absolute atomic E-state index is 11.8. The van der Waals surface area contributed by atoms with Crippen LogP contribution in [0.4, 0.5) is 0 Å². The number of amides is 1. The van der Waals surface area contributed by atoms with Crippen molar-refractivity contribution in [2.45, 2.75) is 51.2 Å². The minimum absolute atomic E-state index is 0.0827. The average Bonchev–Trinajstić information content (AvgIpc) is 2.35. The third-order valence-electron chi connectivity index (χ3n) is 3.49. The summed E-state index contributed by atoms with van der Waals surface area (Å²) in [6.07, 6.45) is 2.53. The highest BCUT2D eigenvalue weighted by Crippen LogP contribution is 2.16. The maximum Gasteiger partial charge on any atom is 0.221 e. The van der Waals surface area contributed by atoms with E-state index in [1.54, 1.807) is 0 Å². The molecular weight excluding hydrogens is 230 g/mol. The van der Waals surface area contributed by atoms with Gasteiger partial charge in [0.2, 0.25) is 5.91 Å². The first-order valence-electron chi connectivity index (χ1n) is 6.83. The Bertz CT molecular complexity index is 253. The van der Waals surface area contributed by atoms with Crippen molar-refractivity contribution in [1.82, 2.24) is 10.2 Å². The Balaban J connectivity index is 2.45. The Kier molecular flexibility index (Phi) is 6.60. The number of ether oxygens (including phenoxy) is 1. The summed E-state index contributed by atoms with van der Waals surface area (Å²) in [5.41, 5.74) is 5.81. The van der Waals surface area contributed by atoms with E-state index in [0.717, 1.165) is 26.1 Å². The summed E-state index contributed by atoms with van der Waals surface area (Å²) < 4.78 is 5.36. The predicted octanol–water partition coefficient (Wildman–Crippen LogP) is 0.339. The molecule has 18 heavy (non-hydrogen) atoms. The second-order valence-electron chi connectivity index (χ2n) is 5.32. The SMILES string of the molecule is CC(C)NC(=O)CC(CN)N(C)C1CCOCC1. The molecule has 0 aliphatic carbocycles. The smallest absolute Gasteiger partial charge is 0.221 e. The largest absolute Gasteiger partial charge is 0.381 e. The Hall–Kier alpha value is -0.650. The molecule has 0 spiro atoms. The molecule has 1 aliphatic heterocycles. The van der Waals surface area contributed by atoms with E-state index in [2.05, 4.69) is 17.3 Å². The van der Waals surface area contributed by atoms with Gasteiger partial charge < -0.3 is 15.8 Å². The molecule has 0 aromatic rings. The van der Waals surface area contributed by atoms with E-state index in [4.69, 9.17) is 10.5 Å². The van der Waals surface area contributed by atoms with Crippen molar-refractivity contribution in [3.8, 4) is 0 Å². The molecule has 1 rings (SSSR count). The molecule has 5 nitrogen and oxygen atoms in total. The molecule has 5 heteroatoms. The van der Waals surface area contributed by atoms with Crippen molar-refractivity contribution in [3.05, 3.63) is 0 Å². The maximum atomic E-state index is 11.8. The van der Waals surface area contributed by atoms with Crippen molar-refractivity contribution in [3.63, 3.8) is 0 Å². The minimum Gasteiger partial charge on any atom is -0.381 e. The zero-order chi connectivity index (χ0) is 13.5. The molecule has 1 saturated heterocycles. The standard InChI is InChI=1S/C13H27N3O2/c1-10(2)15-13(17)8-12(9-14)16(3)11-4-6-18-7-5-11/h10-12H,4-9,14H2,1-3H3,(H,15,17). The van der Waals surface area contributed by atoms with Crippen LogP contribution in [0.15, 0.2) is 0 Å². The normalized spacial score (nSPS) is 19.2. The number of carbonyl (C=O) groups is 1. The van der Waals surface area contributed by atoms with Crippen LogP contribution in [-0.2, 0) is 9.53 Å². The van der Waals surface area contributed by atoms with Gasteiger partial charge in [-0.2, -0.15) is 0 Å². The lowest BCUT2D eigenvalue weighted by Crippen LogP contribution is -2.48. The molecule has 0 radical (unpaired) electrons. The first kappa shape index (κ1) is 15.4. The van der Waals surface area contributed by atoms with E-state index in [-0.39, 0.29) is 18.0 Å². The van der Waals surface area contributed by atoms with Gasteiger partial charge in [-0.25, -0.2) is 0 Å². The van der Waals surface area contributed by atoms with E-state index in [0.29, 0.717) is 19.0 Å². The zero-order valence-electron chi connectivity index (χ0n) is 11.8. The van der Waals surface area contributed by atoms with Gasteiger partial charge in [-0.15, -0.1) is 0 Å². The molecule has 1 heterocycles. The first-order valence-corrected chi connectivity index (χ1v) is 6.83. The fourth-order valence-electron chi connectivity index (χ4n) is 2.38. The Morgan fingerprint density at radius 3 is 2.56 bits per heavy atom. The highest BCUT2D eigenvalue weighted by Gasteiger charge is 2.25. The van der Waals surface area contributed by atoms with Gasteiger partial charge in [-0.05, 0) is 33.7 Å². The number of hydrogen-bond donors (Lipinski definition) is 2. The second kappa shape index (κ2) is 7.71. The summed E-state index contributed by atoms with van der Waals surface area (Å²) in [5, 5.41) is 2.92. The highest BCUT2D eigenvalue weighted by atomic mass is 16.5. The molecule has 3 N–H and O–H groups in total. The quantitative estimate of drug-likeness (QED) is 0.720. The topological polar surface area (TPSA) is 67.6 Å². The summed E-state index contributed by atoms with van der Waals surface area (Å²) in [6, 6.07) is 0.787. The molecule has 0 aromatic heterocycles. The van der Waals surface area contributed by atoms with E-state index in [1.807, 2.05) is 13.8 Å². The molecule has 1 unspecified atom stereocenters. The minimum atomic E-state index is 0.0827. The lowest BCUT2D eigenvalue weighted by molar-refractivity contribution is -0.123. The molecule has 106 valence electrons. The molecule has 1 aliphatic rings. The summed E-state index contributed by atoms with van der Waals surface area (Å²) in [6.45, 7) is 6.07. The van der Waals surface area contributed by atoms with Gasteiger partial charge in [0, 0.05) is 44.3 Å². The Morgan fingerprint density at radius 2 is 2.06 bits per heavy atom. The molecule has 0 aromatic carbocycles. The van der Waals surface area contributed by atoms with E-state index < -0.39 is 0 Å².